The van der Waals surface area contributed by atoms with Crippen molar-refractivity contribution in [2.24, 2.45) is 0 Å². The van der Waals surface area contributed by atoms with Crippen LogP contribution in [0, 0.1) is 6.92 Å². The fourth-order valence-corrected chi connectivity index (χ4v) is 2.71. The quantitative estimate of drug-likeness (QED) is 0.640. The Hall–Kier alpha value is -1.61. The normalized spacial score (nSPS) is 26.9. The van der Waals surface area contributed by atoms with E-state index in [1.54, 1.807) is 0 Å². The van der Waals surface area contributed by atoms with Gasteiger partial charge in [-0.3, -0.25) is 4.79 Å². The van der Waals surface area contributed by atoms with E-state index in [9.17, 15) is 4.79 Å². The van der Waals surface area contributed by atoms with Crippen molar-refractivity contribution in [2.45, 2.75) is 12.3 Å². The Morgan fingerprint density at radius 1 is 1.38 bits per heavy atom. The van der Waals surface area contributed by atoms with Gasteiger partial charge < -0.3 is 10.6 Å². The van der Waals surface area contributed by atoms with Crippen LogP contribution in [0.15, 0.2) is 30.4 Å². The molecule has 0 unspecified atom stereocenters. The summed E-state index contributed by atoms with van der Waals surface area (Å²) in [6, 6.07) is 6.01. The van der Waals surface area contributed by atoms with Crippen molar-refractivity contribution in [3.05, 3.63) is 41.5 Å². The van der Waals surface area contributed by atoms with E-state index in [1.807, 2.05) is 24.3 Å². The molecule has 1 aromatic carbocycles. The molecule has 3 heteroatoms. The van der Waals surface area contributed by atoms with Gasteiger partial charge >= 0.3 is 0 Å². The molecule has 2 N–H and O–H groups in total. The molecule has 0 aromatic heterocycles. The molecule has 1 aromatic rings. The number of benzene rings is 1. The largest absolute Gasteiger partial charge is 0.325 e. The third-order valence-electron chi connectivity index (χ3n) is 3.44. The number of carbonyl (C=O) groups is 1. The van der Waals surface area contributed by atoms with E-state index in [2.05, 4.69) is 23.6 Å². The molecule has 3 nitrogen and oxygen atoms in total. The van der Waals surface area contributed by atoms with Crippen molar-refractivity contribution in [1.82, 2.24) is 5.32 Å². The smallest absolute Gasteiger partial charge is 0.240 e. The molecule has 2 heterocycles. The number of aryl methyl sites for hydroxylation is 1. The number of nitrogens with one attached hydrogen (secondary N) is 2. The van der Waals surface area contributed by atoms with Gasteiger partial charge in [-0.1, -0.05) is 24.3 Å². The molecule has 3 rings (SSSR count). The standard InChI is InChI=1S/C13H14N2O/c1-9-4-2-5-10-11(9)13(12(16)15-10)6-3-7-14-8-13/h2-6,14H,7-8H2,1H3,(H,15,16)/t13-/m0/s1. The van der Waals surface area contributed by atoms with Crippen molar-refractivity contribution in [1.29, 1.82) is 0 Å². The van der Waals surface area contributed by atoms with E-state index in [-0.39, 0.29) is 5.91 Å². The fourth-order valence-electron chi connectivity index (χ4n) is 2.71. The number of hydrogen-bond acceptors (Lipinski definition) is 2. The highest BCUT2D eigenvalue weighted by Gasteiger charge is 2.46. The predicted molar refractivity (Wildman–Crippen MR) is 63.5 cm³/mol. The lowest BCUT2D eigenvalue weighted by Gasteiger charge is -2.28. The van der Waals surface area contributed by atoms with Crippen LogP contribution in [0.2, 0.25) is 0 Å². The molecule has 2 aliphatic heterocycles. The Labute approximate surface area is 94.5 Å². The molecule has 0 fully saturated rings. The number of amides is 1. The van der Waals surface area contributed by atoms with Gasteiger partial charge in [-0.05, 0) is 24.1 Å². The zero-order valence-corrected chi connectivity index (χ0v) is 9.21. The number of anilines is 1. The Morgan fingerprint density at radius 3 is 3.00 bits per heavy atom. The first kappa shape index (κ1) is 9.60. The Bertz CT molecular complexity index is 493. The summed E-state index contributed by atoms with van der Waals surface area (Å²) in [5, 5.41) is 6.24. The lowest BCUT2D eigenvalue weighted by molar-refractivity contribution is -0.119. The summed E-state index contributed by atoms with van der Waals surface area (Å²) in [7, 11) is 0. The van der Waals surface area contributed by atoms with Crippen LogP contribution in [-0.4, -0.2) is 19.0 Å². The minimum absolute atomic E-state index is 0.0836. The molecule has 82 valence electrons. The van der Waals surface area contributed by atoms with Crippen molar-refractivity contribution in [3.63, 3.8) is 0 Å². The van der Waals surface area contributed by atoms with Gasteiger partial charge in [0.1, 0.15) is 5.41 Å². The van der Waals surface area contributed by atoms with E-state index in [0.717, 1.165) is 17.8 Å². The van der Waals surface area contributed by atoms with Gasteiger partial charge in [-0.25, -0.2) is 0 Å². The summed E-state index contributed by atoms with van der Waals surface area (Å²) < 4.78 is 0. The summed E-state index contributed by atoms with van der Waals surface area (Å²) >= 11 is 0. The van der Waals surface area contributed by atoms with Crippen LogP contribution in [0.4, 0.5) is 5.69 Å². The number of carbonyl (C=O) groups excluding carboxylic acids is 1. The van der Waals surface area contributed by atoms with E-state index in [1.165, 1.54) is 5.56 Å². The first-order chi connectivity index (χ1) is 7.74. The molecule has 1 atom stereocenters. The molecule has 0 radical (unpaired) electrons. The summed E-state index contributed by atoms with van der Waals surface area (Å²) in [4.78, 5) is 12.2. The lowest BCUT2D eigenvalue weighted by Crippen LogP contribution is -2.45. The van der Waals surface area contributed by atoms with E-state index >= 15 is 0 Å². The SMILES string of the molecule is Cc1cccc2c1[C@@]1(C=CCNC1)C(=O)N2. The van der Waals surface area contributed by atoms with Crippen molar-refractivity contribution in [3.8, 4) is 0 Å². The van der Waals surface area contributed by atoms with E-state index in [4.69, 9.17) is 0 Å². The van der Waals surface area contributed by atoms with Crippen molar-refractivity contribution >= 4 is 11.6 Å². The summed E-state index contributed by atoms with van der Waals surface area (Å²) in [5.74, 6) is 0.0836. The van der Waals surface area contributed by atoms with Crippen LogP contribution in [-0.2, 0) is 10.2 Å². The second kappa shape index (κ2) is 3.19. The molecule has 0 saturated carbocycles. The van der Waals surface area contributed by atoms with Crippen LogP contribution < -0.4 is 10.6 Å². The summed E-state index contributed by atoms with van der Waals surface area (Å²) in [5.41, 5.74) is 2.77. The number of rotatable bonds is 0. The maximum absolute atomic E-state index is 12.2. The monoisotopic (exact) mass is 214 g/mol. The van der Waals surface area contributed by atoms with Crippen LogP contribution in [0.5, 0.6) is 0 Å². The second-order valence-electron chi connectivity index (χ2n) is 4.46. The average Bonchev–Trinajstić information content (AvgIpc) is 2.55. The lowest BCUT2D eigenvalue weighted by atomic mass is 9.78. The zero-order chi connectivity index (χ0) is 11.2. The number of hydrogen-bond donors (Lipinski definition) is 2. The first-order valence-corrected chi connectivity index (χ1v) is 5.54. The molecule has 0 bridgehead atoms. The fraction of sp³-hybridized carbons (Fsp3) is 0.308. The molecular weight excluding hydrogens is 200 g/mol. The van der Waals surface area contributed by atoms with Gasteiger partial charge in [0.05, 0.1) is 0 Å². The highest BCUT2D eigenvalue weighted by Crippen LogP contribution is 2.41. The maximum Gasteiger partial charge on any atom is 0.240 e. The minimum atomic E-state index is -0.487. The molecule has 0 saturated heterocycles. The zero-order valence-electron chi connectivity index (χ0n) is 9.21. The summed E-state index contributed by atoms with van der Waals surface area (Å²) in [6.45, 7) is 3.59. The Balaban J connectivity index is 2.25. The van der Waals surface area contributed by atoms with Crippen LogP contribution in [0.25, 0.3) is 0 Å². The van der Waals surface area contributed by atoms with Gasteiger partial charge in [-0.15, -0.1) is 0 Å². The first-order valence-electron chi connectivity index (χ1n) is 5.54. The highest BCUT2D eigenvalue weighted by molar-refractivity contribution is 6.08. The topological polar surface area (TPSA) is 41.1 Å². The summed E-state index contributed by atoms with van der Waals surface area (Å²) in [6.07, 6.45) is 4.07. The van der Waals surface area contributed by atoms with Crippen LogP contribution in [0.1, 0.15) is 11.1 Å². The third kappa shape index (κ3) is 1.09. The minimum Gasteiger partial charge on any atom is -0.325 e. The molecule has 2 aliphatic rings. The van der Waals surface area contributed by atoms with Gasteiger partial charge in [0.25, 0.3) is 0 Å². The van der Waals surface area contributed by atoms with Gasteiger partial charge in [0.2, 0.25) is 5.91 Å². The van der Waals surface area contributed by atoms with Gasteiger partial charge in [0, 0.05) is 18.8 Å². The third-order valence-corrected chi connectivity index (χ3v) is 3.44. The Kier molecular flexibility index (Phi) is 1.91. The van der Waals surface area contributed by atoms with Crippen molar-refractivity contribution < 1.29 is 4.79 Å². The van der Waals surface area contributed by atoms with Crippen molar-refractivity contribution in [2.75, 3.05) is 18.4 Å². The van der Waals surface area contributed by atoms with Crippen LogP contribution in [0.3, 0.4) is 0 Å². The molecule has 1 amide bonds. The molecular formula is C13H14N2O. The molecule has 16 heavy (non-hydrogen) atoms. The second-order valence-corrected chi connectivity index (χ2v) is 4.46. The maximum atomic E-state index is 12.2. The molecule has 0 aliphatic carbocycles. The Morgan fingerprint density at radius 2 is 2.25 bits per heavy atom. The van der Waals surface area contributed by atoms with Gasteiger partial charge in [0.15, 0.2) is 0 Å². The molecule has 1 spiro atoms. The van der Waals surface area contributed by atoms with Gasteiger partial charge in [-0.2, -0.15) is 0 Å². The highest BCUT2D eigenvalue weighted by atomic mass is 16.2. The predicted octanol–water partition coefficient (Wildman–Crippen LogP) is 1.34. The number of fused-ring (bicyclic) bond motifs is 2. The van der Waals surface area contributed by atoms with E-state index < -0.39 is 5.41 Å². The average molecular weight is 214 g/mol. The van der Waals surface area contributed by atoms with E-state index in [0.29, 0.717) is 6.54 Å². The van der Waals surface area contributed by atoms with Crippen LogP contribution >= 0.6 is 0 Å².